The zero-order valence-corrected chi connectivity index (χ0v) is 8.92. The molecule has 1 fully saturated rings. The van der Waals surface area contributed by atoms with Crippen molar-refractivity contribution in [2.24, 2.45) is 5.92 Å². The van der Waals surface area contributed by atoms with Gasteiger partial charge in [-0.1, -0.05) is 0 Å². The molecule has 4 N–H and O–H groups in total. The minimum absolute atomic E-state index is 0.104. The Morgan fingerprint density at radius 2 is 2.24 bits per heavy atom. The van der Waals surface area contributed by atoms with Crippen LogP contribution in [-0.2, 0) is 4.79 Å². The second kappa shape index (κ2) is 4.40. The fourth-order valence-electron chi connectivity index (χ4n) is 1.61. The number of nitrogens with one attached hydrogen (secondary N) is 1. The van der Waals surface area contributed by atoms with E-state index in [2.05, 4.69) is 20.3 Å². The Labute approximate surface area is 96.1 Å². The summed E-state index contributed by atoms with van der Waals surface area (Å²) in [5, 5.41) is 18.0. The largest absolute Gasteiger partial charge is 0.481 e. The van der Waals surface area contributed by atoms with Gasteiger partial charge in [-0.2, -0.15) is 0 Å². The highest BCUT2D eigenvalue weighted by Crippen LogP contribution is 2.34. The van der Waals surface area contributed by atoms with Gasteiger partial charge in [0.05, 0.1) is 6.42 Å². The molecule has 17 heavy (non-hydrogen) atoms. The van der Waals surface area contributed by atoms with Crippen molar-refractivity contribution in [3.05, 3.63) is 5.69 Å². The third-order valence-electron chi connectivity index (χ3n) is 2.63. The Morgan fingerprint density at radius 3 is 2.71 bits per heavy atom. The molecule has 1 amide bonds. The number of carboxylic acid groups (broad SMARTS) is 1. The van der Waals surface area contributed by atoms with Crippen LogP contribution in [0.1, 0.15) is 29.8 Å². The Morgan fingerprint density at radius 1 is 1.53 bits per heavy atom. The van der Waals surface area contributed by atoms with Gasteiger partial charge in [0.25, 0.3) is 5.91 Å². The molecule has 1 aliphatic carbocycles. The topological polar surface area (TPSA) is 131 Å². The van der Waals surface area contributed by atoms with Crippen molar-refractivity contribution in [1.82, 2.24) is 15.6 Å². The number of hydrogen-bond donors (Lipinski definition) is 3. The predicted octanol–water partition coefficient (Wildman–Crippen LogP) is -0.365. The number of carboxylic acids is 1. The Bertz CT molecular complexity index is 440. The molecule has 8 nitrogen and oxygen atoms in total. The van der Waals surface area contributed by atoms with Crippen LogP contribution >= 0.6 is 0 Å². The average Bonchev–Trinajstić information content (AvgIpc) is 3.00. The number of carbonyl (C=O) groups is 2. The van der Waals surface area contributed by atoms with Crippen LogP contribution in [0.2, 0.25) is 0 Å². The summed E-state index contributed by atoms with van der Waals surface area (Å²) >= 11 is 0. The zero-order valence-electron chi connectivity index (χ0n) is 8.92. The maximum Gasteiger partial charge on any atom is 0.305 e. The predicted molar refractivity (Wildman–Crippen MR) is 54.9 cm³/mol. The van der Waals surface area contributed by atoms with Crippen LogP contribution in [-0.4, -0.2) is 33.3 Å². The number of aliphatic carboxylic acids is 1. The molecule has 1 unspecified atom stereocenters. The Kier molecular flexibility index (Phi) is 2.94. The molecule has 1 aromatic rings. The van der Waals surface area contributed by atoms with Gasteiger partial charge in [-0.3, -0.25) is 9.59 Å². The van der Waals surface area contributed by atoms with Crippen LogP contribution in [0, 0.1) is 5.92 Å². The number of carbonyl (C=O) groups excluding carboxylic acids is 1. The summed E-state index contributed by atoms with van der Waals surface area (Å²) in [6, 6.07) is -0.393. The van der Waals surface area contributed by atoms with Crippen LogP contribution in [0.4, 0.5) is 5.82 Å². The first-order valence-corrected chi connectivity index (χ1v) is 5.18. The van der Waals surface area contributed by atoms with Crippen LogP contribution in [0.5, 0.6) is 0 Å². The van der Waals surface area contributed by atoms with Crippen molar-refractivity contribution >= 4 is 17.7 Å². The van der Waals surface area contributed by atoms with E-state index < -0.39 is 17.9 Å². The molecule has 8 heteroatoms. The van der Waals surface area contributed by atoms with E-state index in [1.807, 2.05) is 0 Å². The number of aromatic nitrogens is 2. The molecule has 0 spiro atoms. The molecule has 2 rings (SSSR count). The van der Waals surface area contributed by atoms with E-state index in [0.29, 0.717) is 0 Å². The fraction of sp³-hybridized carbons (Fsp3) is 0.556. The molecular weight excluding hydrogens is 228 g/mol. The standard InChI is InChI=1S/C9H12N4O4/c10-8-7(12-17-13-8)9(16)11-5(3-6(14)15)4-1-2-4/h4-5H,1-3H2,(H2,10,13)(H,11,16)(H,14,15). The van der Waals surface area contributed by atoms with Crippen LogP contribution < -0.4 is 11.1 Å². The van der Waals surface area contributed by atoms with Gasteiger partial charge in [-0.05, 0) is 29.1 Å². The number of hydrogen-bond acceptors (Lipinski definition) is 6. The van der Waals surface area contributed by atoms with Gasteiger partial charge in [0.2, 0.25) is 11.5 Å². The zero-order chi connectivity index (χ0) is 12.4. The molecule has 0 saturated heterocycles. The highest BCUT2D eigenvalue weighted by atomic mass is 16.6. The van der Waals surface area contributed by atoms with Crippen molar-refractivity contribution in [3.8, 4) is 0 Å². The van der Waals surface area contributed by atoms with E-state index in [-0.39, 0.29) is 23.9 Å². The van der Waals surface area contributed by atoms with Gasteiger partial charge in [0.15, 0.2) is 0 Å². The lowest BCUT2D eigenvalue weighted by atomic mass is 10.1. The smallest absolute Gasteiger partial charge is 0.305 e. The van der Waals surface area contributed by atoms with Crippen molar-refractivity contribution in [2.45, 2.75) is 25.3 Å². The monoisotopic (exact) mass is 240 g/mol. The minimum Gasteiger partial charge on any atom is -0.481 e. The lowest BCUT2D eigenvalue weighted by Crippen LogP contribution is -2.38. The molecule has 1 atom stereocenters. The fourth-order valence-corrected chi connectivity index (χ4v) is 1.61. The van der Waals surface area contributed by atoms with Gasteiger partial charge in [0.1, 0.15) is 0 Å². The first-order valence-electron chi connectivity index (χ1n) is 5.18. The van der Waals surface area contributed by atoms with E-state index in [9.17, 15) is 9.59 Å². The number of rotatable bonds is 5. The van der Waals surface area contributed by atoms with Crippen molar-refractivity contribution in [3.63, 3.8) is 0 Å². The summed E-state index contributed by atoms with van der Waals surface area (Å²) in [6.45, 7) is 0. The molecule has 0 radical (unpaired) electrons. The molecule has 92 valence electrons. The third kappa shape index (κ3) is 2.71. The third-order valence-corrected chi connectivity index (χ3v) is 2.63. The maximum absolute atomic E-state index is 11.7. The lowest BCUT2D eigenvalue weighted by molar-refractivity contribution is -0.137. The normalized spacial score (nSPS) is 16.5. The lowest BCUT2D eigenvalue weighted by Gasteiger charge is -2.14. The number of anilines is 1. The van der Waals surface area contributed by atoms with E-state index in [1.54, 1.807) is 0 Å². The van der Waals surface area contributed by atoms with Gasteiger partial charge in [-0.25, -0.2) is 4.63 Å². The SMILES string of the molecule is Nc1nonc1C(=O)NC(CC(=O)O)C1CC1. The maximum atomic E-state index is 11.7. The van der Waals surface area contributed by atoms with Gasteiger partial charge in [0, 0.05) is 6.04 Å². The van der Waals surface area contributed by atoms with Crippen LogP contribution in [0.25, 0.3) is 0 Å². The van der Waals surface area contributed by atoms with E-state index in [0.717, 1.165) is 12.8 Å². The summed E-state index contributed by atoms with van der Waals surface area (Å²) in [5.74, 6) is -1.39. The first kappa shape index (κ1) is 11.4. The Balaban J connectivity index is 2.00. The van der Waals surface area contributed by atoms with Gasteiger partial charge >= 0.3 is 5.97 Å². The van der Waals surface area contributed by atoms with E-state index in [4.69, 9.17) is 10.8 Å². The number of nitrogens with two attached hydrogens (primary N) is 1. The second-order valence-corrected chi connectivity index (χ2v) is 4.01. The Hall–Kier alpha value is -2.12. The molecule has 0 bridgehead atoms. The summed E-state index contributed by atoms with van der Waals surface area (Å²) in [7, 11) is 0. The molecule has 0 aliphatic heterocycles. The summed E-state index contributed by atoms with van der Waals surface area (Å²) in [4.78, 5) is 22.4. The van der Waals surface area contributed by atoms with Gasteiger partial charge in [-0.15, -0.1) is 0 Å². The molecule has 1 heterocycles. The van der Waals surface area contributed by atoms with Crippen molar-refractivity contribution < 1.29 is 19.3 Å². The van der Waals surface area contributed by atoms with Gasteiger partial charge < -0.3 is 16.2 Å². The number of amides is 1. The highest BCUT2D eigenvalue weighted by molar-refractivity contribution is 5.96. The minimum atomic E-state index is -0.951. The van der Waals surface area contributed by atoms with Crippen LogP contribution in [0.15, 0.2) is 4.63 Å². The number of nitrogens with zero attached hydrogens (tertiary/aromatic N) is 2. The first-order chi connectivity index (χ1) is 8.08. The average molecular weight is 240 g/mol. The molecule has 1 saturated carbocycles. The quantitative estimate of drug-likeness (QED) is 0.639. The summed E-state index contributed by atoms with van der Waals surface area (Å²) < 4.78 is 4.30. The number of nitrogen functional groups attached to an aromatic ring is 1. The van der Waals surface area contributed by atoms with E-state index >= 15 is 0 Å². The van der Waals surface area contributed by atoms with E-state index in [1.165, 1.54) is 0 Å². The highest BCUT2D eigenvalue weighted by Gasteiger charge is 2.34. The summed E-state index contributed by atoms with van der Waals surface area (Å²) in [5.41, 5.74) is 5.26. The van der Waals surface area contributed by atoms with Crippen LogP contribution in [0.3, 0.4) is 0 Å². The molecular formula is C9H12N4O4. The van der Waals surface area contributed by atoms with Crippen molar-refractivity contribution in [1.29, 1.82) is 0 Å². The summed E-state index contributed by atoms with van der Waals surface area (Å²) in [6.07, 6.45) is 1.73. The molecule has 1 aliphatic rings. The molecule has 0 aromatic carbocycles. The van der Waals surface area contributed by atoms with Crippen molar-refractivity contribution in [2.75, 3.05) is 5.73 Å². The second-order valence-electron chi connectivity index (χ2n) is 4.01. The molecule has 1 aromatic heterocycles.